The fourth-order valence-electron chi connectivity index (χ4n) is 3.68. The first-order valence-electron chi connectivity index (χ1n) is 8.45. The Morgan fingerprint density at radius 3 is 2.96 bits per heavy atom. The Bertz CT molecular complexity index is 852. The van der Waals surface area contributed by atoms with Crippen LogP contribution in [0.2, 0.25) is 0 Å². The zero-order valence-electron chi connectivity index (χ0n) is 14.0. The quantitative estimate of drug-likeness (QED) is 0.660. The number of H-pyrrole nitrogens is 1. The van der Waals surface area contributed by atoms with E-state index < -0.39 is 0 Å². The fourth-order valence-corrected chi connectivity index (χ4v) is 3.68. The lowest BCUT2D eigenvalue weighted by Gasteiger charge is -2.17. The molecular formula is C18H21N5O2. The first-order chi connectivity index (χ1) is 12.3. The molecule has 1 aliphatic rings. The summed E-state index contributed by atoms with van der Waals surface area (Å²) in [7, 11) is 1.67. The summed E-state index contributed by atoms with van der Waals surface area (Å²) in [4.78, 5) is 8.68. The minimum absolute atomic E-state index is 0.151. The molecule has 2 heterocycles. The van der Waals surface area contributed by atoms with Crippen LogP contribution < -0.4 is 10.1 Å². The zero-order valence-corrected chi connectivity index (χ0v) is 14.0. The summed E-state index contributed by atoms with van der Waals surface area (Å²) >= 11 is 0. The van der Waals surface area contributed by atoms with Crippen LogP contribution in [0.1, 0.15) is 24.6 Å². The largest absolute Gasteiger partial charge is 0.496 e. The van der Waals surface area contributed by atoms with Crippen LogP contribution in [0.5, 0.6) is 5.75 Å². The first kappa shape index (κ1) is 15.8. The molecule has 25 heavy (non-hydrogen) atoms. The van der Waals surface area contributed by atoms with Crippen molar-refractivity contribution >= 4 is 16.6 Å². The number of hydrogen-bond acceptors (Lipinski definition) is 6. The van der Waals surface area contributed by atoms with Crippen molar-refractivity contribution in [2.24, 2.45) is 5.92 Å². The predicted molar refractivity (Wildman–Crippen MR) is 94.6 cm³/mol. The van der Waals surface area contributed by atoms with Crippen LogP contribution >= 0.6 is 0 Å². The van der Waals surface area contributed by atoms with Crippen molar-refractivity contribution < 1.29 is 9.84 Å². The van der Waals surface area contributed by atoms with Gasteiger partial charge in [0.05, 0.1) is 13.2 Å². The third-order valence-electron chi connectivity index (χ3n) is 5.00. The van der Waals surface area contributed by atoms with Crippen molar-refractivity contribution in [2.75, 3.05) is 19.0 Å². The molecular weight excluding hydrogens is 318 g/mol. The summed E-state index contributed by atoms with van der Waals surface area (Å²) in [5, 5.41) is 22.6. The predicted octanol–water partition coefficient (Wildman–Crippen LogP) is 2.33. The highest BCUT2D eigenvalue weighted by Crippen LogP contribution is 2.37. The maximum Gasteiger partial charge on any atom is 0.137 e. The highest BCUT2D eigenvalue weighted by molar-refractivity contribution is 5.95. The fraction of sp³-hybridized carbons (Fsp3) is 0.389. The van der Waals surface area contributed by atoms with Crippen molar-refractivity contribution in [1.29, 1.82) is 0 Å². The average Bonchev–Trinajstić information content (AvgIpc) is 3.29. The van der Waals surface area contributed by atoms with Gasteiger partial charge in [-0.1, -0.05) is 12.1 Å². The van der Waals surface area contributed by atoms with E-state index in [4.69, 9.17) is 4.74 Å². The van der Waals surface area contributed by atoms with Gasteiger partial charge in [0.2, 0.25) is 0 Å². The van der Waals surface area contributed by atoms with Gasteiger partial charge in [0.1, 0.15) is 23.7 Å². The van der Waals surface area contributed by atoms with E-state index in [0.29, 0.717) is 13.0 Å². The summed E-state index contributed by atoms with van der Waals surface area (Å²) in [6, 6.07) is 7.87. The standard InChI is InChI=1S/C18H21N5O2/c1-25-16-4-2-3-14-13(16)5-6-19-18(14)20-9-12-7-11(8-15(12)24)17-21-10-22-23-17/h2-6,10-12,15,24H,7-9H2,1H3,(H,19,20)(H,21,22,23)/t11?,12-,15-/m1/s1. The minimum Gasteiger partial charge on any atom is -0.496 e. The summed E-state index contributed by atoms with van der Waals surface area (Å²) in [5.74, 6) is 2.87. The van der Waals surface area contributed by atoms with E-state index in [1.807, 2.05) is 24.3 Å². The Morgan fingerprint density at radius 2 is 2.16 bits per heavy atom. The molecule has 0 radical (unpaired) electrons. The molecule has 7 heteroatoms. The number of anilines is 1. The van der Waals surface area contributed by atoms with Crippen molar-refractivity contribution in [3.05, 3.63) is 42.6 Å². The molecule has 4 rings (SSSR count). The van der Waals surface area contributed by atoms with Crippen LogP contribution in [0.4, 0.5) is 5.82 Å². The molecule has 130 valence electrons. The Labute approximate surface area is 145 Å². The number of nitrogens with one attached hydrogen (secondary N) is 2. The van der Waals surface area contributed by atoms with Crippen molar-refractivity contribution in [2.45, 2.75) is 24.9 Å². The van der Waals surface area contributed by atoms with Crippen LogP contribution in [-0.2, 0) is 0 Å². The van der Waals surface area contributed by atoms with Crippen molar-refractivity contribution in [1.82, 2.24) is 20.2 Å². The van der Waals surface area contributed by atoms with E-state index in [2.05, 4.69) is 25.5 Å². The molecule has 1 fully saturated rings. The molecule has 0 bridgehead atoms. The maximum absolute atomic E-state index is 10.4. The lowest BCUT2D eigenvalue weighted by atomic mass is 10.0. The van der Waals surface area contributed by atoms with Gasteiger partial charge in [-0.2, -0.15) is 5.10 Å². The molecule has 1 aromatic carbocycles. The van der Waals surface area contributed by atoms with Crippen LogP contribution in [0.15, 0.2) is 36.8 Å². The third-order valence-corrected chi connectivity index (χ3v) is 5.00. The number of methoxy groups -OCH3 is 1. The van der Waals surface area contributed by atoms with E-state index in [1.54, 1.807) is 13.3 Å². The Kier molecular flexibility index (Phi) is 4.23. The van der Waals surface area contributed by atoms with Crippen LogP contribution in [0.25, 0.3) is 10.8 Å². The number of pyridine rings is 1. The number of nitrogens with zero attached hydrogens (tertiary/aromatic N) is 3. The Morgan fingerprint density at radius 1 is 1.24 bits per heavy atom. The molecule has 1 unspecified atom stereocenters. The molecule has 0 saturated heterocycles. The van der Waals surface area contributed by atoms with Gasteiger partial charge in [-0.15, -0.1) is 0 Å². The number of aromatic amines is 1. The Hall–Kier alpha value is -2.67. The lowest BCUT2D eigenvalue weighted by molar-refractivity contribution is 0.137. The van der Waals surface area contributed by atoms with Crippen LogP contribution in [0.3, 0.4) is 0 Å². The molecule has 3 atom stereocenters. The zero-order chi connectivity index (χ0) is 17.2. The molecule has 7 nitrogen and oxygen atoms in total. The molecule has 0 spiro atoms. The number of benzene rings is 1. The topological polar surface area (TPSA) is 96.0 Å². The van der Waals surface area contributed by atoms with Gasteiger partial charge in [0.25, 0.3) is 0 Å². The number of ether oxygens (including phenoxy) is 1. The normalized spacial score (nSPS) is 23.0. The van der Waals surface area contributed by atoms with Gasteiger partial charge in [0, 0.05) is 35.3 Å². The van der Waals surface area contributed by atoms with E-state index in [9.17, 15) is 5.11 Å². The van der Waals surface area contributed by atoms with Gasteiger partial charge in [0.15, 0.2) is 0 Å². The highest BCUT2D eigenvalue weighted by Gasteiger charge is 2.35. The van der Waals surface area contributed by atoms with Gasteiger partial charge in [-0.3, -0.25) is 5.10 Å². The van der Waals surface area contributed by atoms with Crippen LogP contribution in [0, 0.1) is 5.92 Å². The summed E-state index contributed by atoms with van der Waals surface area (Å²) in [6.45, 7) is 0.662. The second kappa shape index (κ2) is 6.68. The average molecular weight is 339 g/mol. The second-order valence-corrected chi connectivity index (χ2v) is 6.46. The molecule has 0 aliphatic heterocycles. The molecule has 1 aliphatic carbocycles. The van der Waals surface area contributed by atoms with E-state index in [0.717, 1.165) is 34.6 Å². The van der Waals surface area contributed by atoms with Gasteiger partial charge in [-0.25, -0.2) is 9.97 Å². The highest BCUT2D eigenvalue weighted by atomic mass is 16.5. The summed E-state index contributed by atoms with van der Waals surface area (Å²) in [5.41, 5.74) is 0. The molecule has 2 aromatic heterocycles. The van der Waals surface area contributed by atoms with Gasteiger partial charge < -0.3 is 15.2 Å². The van der Waals surface area contributed by atoms with Crippen LogP contribution in [-0.4, -0.2) is 45.0 Å². The Balaban J connectivity index is 1.49. The number of aliphatic hydroxyl groups excluding tert-OH is 1. The molecule has 3 aromatic rings. The van der Waals surface area contributed by atoms with E-state index in [-0.39, 0.29) is 17.9 Å². The van der Waals surface area contributed by atoms with Crippen molar-refractivity contribution in [3.63, 3.8) is 0 Å². The molecule has 3 N–H and O–H groups in total. The molecule has 0 amide bonds. The van der Waals surface area contributed by atoms with Crippen molar-refractivity contribution in [3.8, 4) is 5.75 Å². The summed E-state index contributed by atoms with van der Waals surface area (Å²) in [6.07, 6.45) is 4.51. The maximum atomic E-state index is 10.4. The third kappa shape index (κ3) is 3.02. The number of hydrogen-bond donors (Lipinski definition) is 3. The van der Waals surface area contributed by atoms with Gasteiger partial charge in [-0.05, 0) is 25.0 Å². The number of rotatable bonds is 5. The molecule has 1 saturated carbocycles. The lowest BCUT2D eigenvalue weighted by Crippen LogP contribution is -2.22. The summed E-state index contributed by atoms with van der Waals surface area (Å²) < 4.78 is 5.42. The SMILES string of the molecule is COc1cccc2c(NC[C@H]3CC(c4ncn[nH]4)C[C@H]3O)nccc12. The number of aliphatic hydroxyl groups is 1. The van der Waals surface area contributed by atoms with Gasteiger partial charge >= 0.3 is 0 Å². The first-order valence-corrected chi connectivity index (χ1v) is 8.45. The minimum atomic E-state index is -0.355. The van der Waals surface area contributed by atoms with E-state index >= 15 is 0 Å². The van der Waals surface area contributed by atoms with E-state index in [1.165, 1.54) is 6.33 Å². The smallest absolute Gasteiger partial charge is 0.137 e. The monoisotopic (exact) mass is 339 g/mol. The number of aromatic nitrogens is 4. The number of fused-ring (bicyclic) bond motifs is 1. The second-order valence-electron chi connectivity index (χ2n) is 6.46.